The third kappa shape index (κ3) is 58.8. The molecule has 0 aliphatic heterocycles. The van der Waals surface area contributed by atoms with E-state index >= 15 is 0 Å². The van der Waals surface area contributed by atoms with Gasteiger partial charge in [0, 0.05) is 6.42 Å². The number of hydrogen-bond donors (Lipinski definition) is 2. The second-order valence-electron chi connectivity index (χ2n) is 22.0. The number of nitrogens with zero attached hydrogens (tertiary/aromatic N) is 1. The van der Waals surface area contributed by atoms with Crippen LogP contribution in [-0.2, 0) is 18.4 Å². The van der Waals surface area contributed by atoms with E-state index in [9.17, 15) is 19.4 Å². The third-order valence-electron chi connectivity index (χ3n) is 13.4. The van der Waals surface area contributed by atoms with Crippen LogP contribution in [0.2, 0.25) is 0 Å². The lowest BCUT2D eigenvalue weighted by atomic mass is 10.0. The summed E-state index contributed by atoms with van der Waals surface area (Å²) >= 11 is 0. The second-order valence-corrected chi connectivity index (χ2v) is 23.4. The average Bonchev–Trinajstić information content (AvgIpc) is 3.38. The molecular weight excluding hydrogens is 960 g/mol. The van der Waals surface area contributed by atoms with E-state index in [1.165, 1.54) is 154 Å². The number of phosphoric acid groups is 1. The maximum absolute atomic E-state index is 13.0. The summed E-state index contributed by atoms with van der Waals surface area (Å²) in [6, 6.07) is -0.913. The first-order valence-electron chi connectivity index (χ1n) is 31.2. The molecule has 0 aromatic heterocycles. The lowest BCUT2D eigenvalue weighted by molar-refractivity contribution is -0.870. The molecule has 1 amide bonds. The van der Waals surface area contributed by atoms with Gasteiger partial charge in [-0.15, -0.1) is 0 Å². The largest absolute Gasteiger partial charge is 0.756 e. The number of carbonyl (C=O) groups excluding carboxylic acids is 1. The van der Waals surface area contributed by atoms with Gasteiger partial charge >= 0.3 is 0 Å². The van der Waals surface area contributed by atoms with E-state index in [1.54, 1.807) is 6.08 Å². The van der Waals surface area contributed by atoms with Crippen molar-refractivity contribution in [3.63, 3.8) is 0 Å². The summed E-state index contributed by atoms with van der Waals surface area (Å²) < 4.78 is 23.3. The Morgan fingerprint density at radius 1 is 0.474 bits per heavy atom. The van der Waals surface area contributed by atoms with E-state index < -0.39 is 26.6 Å². The number of rotatable bonds is 56. The van der Waals surface area contributed by atoms with Crippen LogP contribution in [0.3, 0.4) is 0 Å². The predicted molar refractivity (Wildman–Crippen MR) is 329 cm³/mol. The van der Waals surface area contributed by atoms with Crippen LogP contribution in [0.4, 0.5) is 0 Å². The molecule has 76 heavy (non-hydrogen) atoms. The Morgan fingerprint density at radius 2 is 0.816 bits per heavy atom. The van der Waals surface area contributed by atoms with E-state index in [2.05, 4.69) is 116 Å². The Kier molecular flexibility index (Phi) is 54.7. The summed E-state index contributed by atoms with van der Waals surface area (Å²) in [5, 5.41) is 13.8. The molecule has 3 unspecified atom stereocenters. The summed E-state index contributed by atoms with van der Waals surface area (Å²) in [4.78, 5) is 25.5. The van der Waals surface area contributed by atoms with Gasteiger partial charge in [-0.25, -0.2) is 0 Å². The monoisotopic (exact) mass is 1080 g/mol. The summed E-state index contributed by atoms with van der Waals surface area (Å²) in [5.74, 6) is -0.212. The fourth-order valence-corrected chi connectivity index (χ4v) is 9.32. The highest BCUT2D eigenvalue weighted by atomic mass is 31.2. The topological polar surface area (TPSA) is 108 Å². The van der Waals surface area contributed by atoms with Crippen LogP contribution in [0, 0.1) is 0 Å². The molecule has 2 N–H and O–H groups in total. The van der Waals surface area contributed by atoms with Gasteiger partial charge in [0.2, 0.25) is 5.91 Å². The first-order chi connectivity index (χ1) is 37.0. The molecule has 9 heteroatoms. The van der Waals surface area contributed by atoms with Gasteiger partial charge in [0.1, 0.15) is 13.2 Å². The highest BCUT2D eigenvalue weighted by molar-refractivity contribution is 7.45. The number of unbranched alkanes of at least 4 members (excludes halogenated alkanes) is 27. The standard InChI is InChI=1S/C67H119N2O6P/c1-6-8-10-12-14-16-18-20-22-23-24-25-26-27-28-29-30-31-32-33-34-35-36-37-38-39-40-41-42-43-44-45-47-49-51-53-55-57-59-61-67(71)68-65(64-75-76(72,73)74-63-62-69(3,4)5)66(70)60-58-56-54-52-50-48-46-21-19-17-15-13-11-9-7-2/h8,10,14,16,19-22,24-25,27-28,30-31,50,52,58,60,65-66,70H,6-7,9,11-13,15,17-18,23,26,29,32-49,51,53-57,59,61-64H2,1-5H3,(H-,68,71,72,73)/b10-8-,16-14-,21-19+,22-20-,25-24-,28-27-,31-30-,52-50+,60-58+. The maximum atomic E-state index is 13.0. The summed E-state index contributed by atoms with van der Waals surface area (Å²) in [6.45, 7) is 4.49. The molecule has 8 nitrogen and oxygen atoms in total. The zero-order chi connectivity index (χ0) is 55.6. The van der Waals surface area contributed by atoms with Crippen molar-refractivity contribution in [2.75, 3.05) is 40.9 Å². The number of allylic oxidation sites excluding steroid dienone is 17. The zero-order valence-corrected chi connectivity index (χ0v) is 50.8. The Bertz CT molecular complexity index is 1600. The van der Waals surface area contributed by atoms with Gasteiger partial charge in [-0.1, -0.05) is 264 Å². The van der Waals surface area contributed by atoms with Gasteiger partial charge in [0.05, 0.1) is 39.9 Å². The van der Waals surface area contributed by atoms with Gasteiger partial charge in [-0.05, 0) is 96.3 Å². The maximum Gasteiger partial charge on any atom is 0.268 e. The number of aliphatic hydroxyl groups is 1. The van der Waals surface area contributed by atoms with Crippen molar-refractivity contribution >= 4 is 13.7 Å². The molecular formula is C67H119N2O6P. The summed E-state index contributed by atoms with van der Waals surface area (Å²) in [5.41, 5.74) is 0. The van der Waals surface area contributed by atoms with Crippen LogP contribution in [-0.4, -0.2) is 68.5 Å². The molecule has 3 atom stereocenters. The van der Waals surface area contributed by atoms with Gasteiger partial charge in [-0.2, -0.15) is 0 Å². The molecule has 0 rings (SSSR count). The first kappa shape index (κ1) is 73.2. The van der Waals surface area contributed by atoms with E-state index in [4.69, 9.17) is 9.05 Å². The number of nitrogens with one attached hydrogen (secondary N) is 1. The minimum atomic E-state index is -4.61. The summed E-state index contributed by atoms with van der Waals surface area (Å²) in [6.07, 6.45) is 83.4. The molecule has 0 aromatic rings. The zero-order valence-electron chi connectivity index (χ0n) is 49.9. The van der Waals surface area contributed by atoms with Crippen LogP contribution in [0.5, 0.6) is 0 Å². The fourth-order valence-electron chi connectivity index (χ4n) is 8.60. The molecule has 0 fully saturated rings. The number of likely N-dealkylation sites (N-methyl/N-ethyl adjacent to an activating group) is 1. The quantitative estimate of drug-likeness (QED) is 0.0272. The van der Waals surface area contributed by atoms with E-state index in [0.717, 1.165) is 83.5 Å². The molecule has 0 radical (unpaired) electrons. The highest BCUT2D eigenvalue weighted by Crippen LogP contribution is 2.38. The first-order valence-corrected chi connectivity index (χ1v) is 32.7. The minimum absolute atomic E-state index is 0.0116. The van der Waals surface area contributed by atoms with Crippen molar-refractivity contribution in [2.45, 2.75) is 270 Å². The third-order valence-corrected chi connectivity index (χ3v) is 14.4. The Morgan fingerprint density at radius 3 is 1.22 bits per heavy atom. The molecule has 438 valence electrons. The number of phosphoric ester groups is 1. The Balaban J connectivity index is 4.00. The normalized spacial score (nSPS) is 14.6. The van der Waals surface area contributed by atoms with Crippen LogP contribution in [0.1, 0.15) is 258 Å². The van der Waals surface area contributed by atoms with E-state index in [1.807, 2.05) is 27.2 Å². The molecule has 0 aliphatic carbocycles. The van der Waals surface area contributed by atoms with Gasteiger partial charge in [0.15, 0.2) is 0 Å². The van der Waals surface area contributed by atoms with Gasteiger partial charge in [0.25, 0.3) is 7.82 Å². The number of hydrogen-bond acceptors (Lipinski definition) is 6. The molecule has 0 aliphatic rings. The van der Waals surface area contributed by atoms with Crippen molar-refractivity contribution in [2.24, 2.45) is 0 Å². The van der Waals surface area contributed by atoms with Crippen LogP contribution >= 0.6 is 7.82 Å². The lowest BCUT2D eigenvalue weighted by Crippen LogP contribution is -2.45. The molecule has 0 aromatic carbocycles. The van der Waals surface area contributed by atoms with Crippen molar-refractivity contribution < 1.29 is 32.9 Å². The van der Waals surface area contributed by atoms with Crippen LogP contribution in [0.25, 0.3) is 0 Å². The molecule has 0 spiro atoms. The fraction of sp³-hybridized carbons (Fsp3) is 0.716. The van der Waals surface area contributed by atoms with E-state index in [-0.39, 0.29) is 12.5 Å². The SMILES string of the molecule is CC/C=C\C/C=C\C/C=C\C/C=C\C/C=C\C/C=C\CCCCCCCCCCCCCCCCCCCCCCC(=O)NC(COP(=O)([O-])OCC[N+](C)(C)C)C(O)/C=C/CC/C=C/CC/C=C/CCCCCCC. The molecule has 0 bridgehead atoms. The number of carbonyl (C=O) groups is 1. The molecule has 0 heterocycles. The summed E-state index contributed by atoms with van der Waals surface area (Å²) in [7, 11) is 1.23. The van der Waals surface area contributed by atoms with Gasteiger partial charge in [-0.3, -0.25) is 9.36 Å². The Hall–Kier alpha value is -2.84. The predicted octanol–water partition coefficient (Wildman–Crippen LogP) is 18.9. The molecule has 0 saturated heterocycles. The number of amides is 1. The second kappa shape index (κ2) is 56.9. The number of quaternary nitrogens is 1. The average molecular weight is 1080 g/mol. The van der Waals surface area contributed by atoms with Crippen molar-refractivity contribution in [3.8, 4) is 0 Å². The van der Waals surface area contributed by atoms with Crippen molar-refractivity contribution in [3.05, 3.63) is 109 Å². The van der Waals surface area contributed by atoms with Crippen molar-refractivity contribution in [1.82, 2.24) is 5.32 Å². The smallest absolute Gasteiger partial charge is 0.268 e. The van der Waals surface area contributed by atoms with E-state index in [0.29, 0.717) is 17.4 Å². The number of aliphatic hydroxyl groups excluding tert-OH is 1. The molecule has 0 saturated carbocycles. The Labute approximate surface area is 470 Å². The van der Waals surface area contributed by atoms with Crippen LogP contribution in [0.15, 0.2) is 109 Å². The van der Waals surface area contributed by atoms with Gasteiger partial charge < -0.3 is 28.8 Å². The minimum Gasteiger partial charge on any atom is -0.756 e. The lowest BCUT2D eigenvalue weighted by Gasteiger charge is -2.29. The highest BCUT2D eigenvalue weighted by Gasteiger charge is 2.23. The van der Waals surface area contributed by atoms with Crippen LogP contribution < -0.4 is 10.2 Å². The van der Waals surface area contributed by atoms with Crippen molar-refractivity contribution in [1.29, 1.82) is 0 Å².